The van der Waals surface area contributed by atoms with E-state index in [1.165, 1.54) is 25.3 Å². The number of cyclic esters (lactones) is 1. The van der Waals surface area contributed by atoms with Crippen molar-refractivity contribution in [2.45, 2.75) is 78.9 Å². The Kier molecular flexibility index (Phi) is 5.20. The first-order chi connectivity index (χ1) is 14.0. The third-order valence-electron chi connectivity index (χ3n) is 9.41. The molecule has 4 aliphatic rings. The number of allylic oxidation sites excluding steroid dienone is 1. The maximum Gasteiger partial charge on any atom is 0.333 e. The number of carboxylic acid groups (broad SMARTS) is 1. The zero-order valence-electron chi connectivity index (χ0n) is 18.7. The number of carbonyl (C=O) groups is 2. The van der Waals surface area contributed by atoms with E-state index >= 15 is 0 Å². The van der Waals surface area contributed by atoms with Gasteiger partial charge < -0.3 is 14.9 Å². The minimum atomic E-state index is -1.25. The fourth-order valence-electron chi connectivity index (χ4n) is 8.13. The van der Waals surface area contributed by atoms with Crippen molar-refractivity contribution in [3.63, 3.8) is 0 Å². The minimum absolute atomic E-state index is 0.106. The number of carbonyl (C=O) groups excluding carboxylic acids is 1. The standard InChI is InChI=1S/C25H36O5/c1-23(2)11-5-12-25(4)18(23)10-13-24(3)17(16(21(27)28)7-9-19(24)25)8-6-15-14-20(26)30-22(15)29/h6,8,14,16-19,22,29H,5,7,9-13H2,1-4H3,(H,27,28)/b8-6+/t16-,17+,18-,19+,22-,24+,25-/m0/s1. The molecule has 0 bridgehead atoms. The van der Waals surface area contributed by atoms with E-state index in [9.17, 15) is 19.8 Å². The summed E-state index contributed by atoms with van der Waals surface area (Å²) < 4.78 is 4.79. The Morgan fingerprint density at radius 3 is 2.43 bits per heavy atom. The fraction of sp³-hybridized carbons (Fsp3) is 0.760. The second kappa shape index (κ2) is 7.22. The number of carboxylic acids is 1. The Morgan fingerprint density at radius 2 is 1.80 bits per heavy atom. The Hall–Kier alpha value is -1.62. The van der Waals surface area contributed by atoms with Crippen molar-refractivity contribution in [2.75, 3.05) is 0 Å². The lowest BCUT2D eigenvalue weighted by Crippen LogP contribution is -2.59. The summed E-state index contributed by atoms with van der Waals surface area (Å²) >= 11 is 0. The van der Waals surface area contributed by atoms with Gasteiger partial charge in [-0.1, -0.05) is 46.3 Å². The molecular weight excluding hydrogens is 380 g/mol. The topological polar surface area (TPSA) is 83.8 Å². The molecule has 5 heteroatoms. The van der Waals surface area contributed by atoms with Gasteiger partial charge in [-0.2, -0.15) is 0 Å². The molecule has 5 nitrogen and oxygen atoms in total. The summed E-state index contributed by atoms with van der Waals surface area (Å²) in [5.74, 6) is -0.700. The van der Waals surface area contributed by atoms with Gasteiger partial charge in [-0.05, 0) is 72.5 Å². The first-order valence-electron chi connectivity index (χ1n) is 11.5. The third kappa shape index (κ3) is 3.24. The van der Waals surface area contributed by atoms with Crippen LogP contribution in [0.15, 0.2) is 23.8 Å². The SMILES string of the molecule is CC1(C)CCC[C@]2(C)[C@@H]3CC[C@H](C(=O)O)[C@@H](/C=C/C4=CC(=O)O[C@@H]4O)[C@@]3(C)CC[C@@H]12. The molecule has 3 saturated carbocycles. The molecule has 0 spiro atoms. The van der Waals surface area contributed by atoms with Crippen LogP contribution >= 0.6 is 0 Å². The highest BCUT2D eigenvalue weighted by atomic mass is 16.6. The Morgan fingerprint density at radius 1 is 1.07 bits per heavy atom. The van der Waals surface area contributed by atoms with Gasteiger partial charge in [0.1, 0.15) is 0 Å². The number of hydrogen-bond donors (Lipinski definition) is 2. The summed E-state index contributed by atoms with van der Waals surface area (Å²) in [7, 11) is 0. The van der Waals surface area contributed by atoms with Crippen molar-refractivity contribution in [2.24, 2.45) is 39.9 Å². The summed E-state index contributed by atoms with van der Waals surface area (Å²) in [5.41, 5.74) is 0.870. The largest absolute Gasteiger partial charge is 0.481 e. The van der Waals surface area contributed by atoms with E-state index in [1.54, 1.807) is 6.08 Å². The summed E-state index contributed by atoms with van der Waals surface area (Å²) in [6, 6.07) is 0. The van der Waals surface area contributed by atoms with E-state index in [4.69, 9.17) is 4.74 Å². The molecule has 4 rings (SSSR count). The Bertz CT molecular complexity index is 795. The van der Waals surface area contributed by atoms with Crippen LogP contribution in [-0.2, 0) is 14.3 Å². The molecule has 7 atom stereocenters. The number of aliphatic hydroxyl groups is 1. The van der Waals surface area contributed by atoms with Crippen LogP contribution in [-0.4, -0.2) is 28.4 Å². The van der Waals surface area contributed by atoms with Crippen LogP contribution in [0.5, 0.6) is 0 Å². The predicted octanol–water partition coefficient (Wildman–Crippen LogP) is 4.70. The van der Waals surface area contributed by atoms with Crippen LogP contribution in [0.4, 0.5) is 0 Å². The first kappa shape index (κ1) is 21.6. The van der Waals surface area contributed by atoms with Gasteiger partial charge in [0.15, 0.2) is 0 Å². The zero-order valence-corrected chi connectivity index (χ0v) is 18.7. The average molecular weight is 417 g/mol. The normalized spacial score (nSPS) is 45.4. The van der Waals surface area contributed by atoms with E-state index in [2.05, 4.69) is 27.7 Å². The van der Waals surface area contributed by atoms with Gasteiger partial charge in [-0.3, -0.25) is 4.79 Å². The molecule has 0 aromatic carbocycles. The van der Waals surface area contributed by atoms with Gasteiger partial charge in [0.25, 0.3) is 0 Å². The van der Waals surface area contributed by atoms with Gasteiger partial charge >= 0.3 is 11.9 Å². The smallest absolute Gasteiger partial charge is 0.333 e. The van der Waals surface area contributed by atoms with Crippen molar-refractivity contribution >= 4 is 11.9 Å². The van der Waals surface area contributed by atoms with E-state index < -0.39 is 24.1 Å². The number of fused-ring (bicyclic) bond motifs is 3. The lowest BCUT2D eigenvalue weighted by atomic mass is 9.38. The van der Waals surface area contributed by atoms with Crippen molar-refractivity contribution in [3.05, 3.63) is 23.8 Å². The van der Waals surface area contributed by atoms with Crippen molar-refractivity contribution < 1.29 is 24.5 Å². The van der Waals surface area contributed by atoms with Crippen molar-refractivity contribution in [1.82, 2.24) is 0 Å². The third-order valence-corrected chi connectivity index (χ3v) is 9.41. The quantitative estimate of drug-likeness (QED) is 0.651. The number of aliphatic carboxylic acids is 1. The highest BCUT2D eigenvalue weighted by Crippen LogP contribution is 2.69. The van der Waals surface area contributed by atoms with Gasteiger partial charge in [0, 0.05) is 11.6 Å². The highest BCUT2D eigenvalue weighted by Gasteiger charge is 2.62. The van der Waals surface area contributed by atoms with E-state index in [-0.39, 0.29) is 16.7 Å². The van der Waals surface area contributed by atoms with Gasteiger partial charge in [-0.25, -0.2) is 4.79 Å². The predicted molar refractivity (Wildman–Crippen MR) is 113 cm³/mol. The second-order valence-electron chi connectivity index (χ2n) is 11.3. The molecule has 0 aromatic heterocycles. The molecule has 2 N–H and O–H groups in total. The molecular formula is C25H36O5. The number of aliphatic hydroxyl groups excluding tert-OH is 1. The van der Waals surface area contributed by atoms with E-state index in [0.29, 0.717) is 29.2 Å². The summed E-state index contributed by atoms with van der Waals surface area (Å²) in [6.45, 7) is 9.61. The Labute approximate surface area is 179 Å². The molecule has 1 heterocycles. The van der Waals surface area contributed by atoms with Crippen LogP contribution in [0.1, 0.15) is 72.6 Å². The molecule has 1 aliphatic heterocycles. The molecule has 3 aliphatic carbocycles. The molecule has 3 fully saturated rings. The number of hydrogen-bond acceptors (Lipinski definition) is 4. The molecule has 0 saturated heterocycles. The zero-order chi connectivity index (χ0) is 21.9. The van der Waals surface area contributed by atoms with Crippen molar-refractivity contribution in [1.29, 1.82) is 0 Å². The maximum atomic E-state index is 12.2. The second-order valence-corrected chi connectivity index (χ2v) is 11.3. The monoisotopic (exact) mass is 416 g/mol. The minimum Gasteiger partial charge on any atom is -0.481 e. The molecule has 0 amide bonds. The summed E-state index contributed by atoms with van der Waals surface area (Å²) in [4.78, 5) is 23.6. The Balaban J connectivity index is 1.70. The molecule has 30 heavy (non-hydrogen) atoms. The fourth-order valence-corrected chi connectivity index (χ4v) is 8.13. The van der Waals surface area contributed by atoms with Crippen LogP contribution < -0.4 is 0 Å². The first-order valence-corrected chi connectivity index (χ1v) is 11.5. The molecule has 166 valence electrons. The van der Waals surface area contributed by atoms with Crippen LogP contribution in [0.25, 0.3) is 0 Å². The van der Waals surface area contributed by atoms with Gasteiger partial charge in [0.05, 0.1) is 5.92 Å². The van der Waals surface area contributed by atoms with Crippen LogP contribution in [0.3, 0.4) is 0 Å². The summed E-state index contributed by atoms with van der Waals surface area (Å²) in [6.07, 6.45) is 11.3. The highest BCUT2D eigenvalue weighted by molar-refractivity contribution is 5.86. The van der Waals surface area contributed by atoms with E-state index in [1.807, 2.05) is 6.08 Å². The lowest BCUT2D eigenvalue weighted by Gasteiger charge is -2.66. The van der Waals surface area contributed by atoms with Crippen molar-refractivity contribution in [3.8, 4) is 0 Å². The maximum absolute atomic E-state index is 12.2. The van der Waals surface area contributed by atoms with E-state index in [0.717, 1.165) is 19.3 Å². The molecule has 0 radical (unpaired) electrons. The van der Waals surface area contributed by atoms with Gasteiger partial charge in [0.2, 0.25) is 6.29 Å². The molecule has 0 aromatic rings. The molecule has 0 unspecified atom stereocenters. The summed E-state index contributed by atoms with van der Waals surface area (Å²) in [5, 5.41) is 19.9. The number of esters is 1. The number of rotatable bonds is 3. The van der Waals surface area contributed by atoms with Crippen LogP contribution in [0.2, 0.25) is 0 Å². The lowest BCUT2D eigenvalue weighted by molar-refractivity contribution is -0.177. The van der Waals surface area contributed by atoms with Crippen LogP contribution in [0, 0.1) is 39.9 Å². The number of ether oxygens (including phenoxy) is 1. The van der Waals surface area contributed by atoms with Gasteiger partial charge in [-0.15, -0.1) is 0 Å². The average Bonchev–Trinajstić information content (AvgIpc) is 2.95.